The monoisotopic (exact) mass is 233 g/mol. The van der Waals surface area contributed by atoms with Crippen molar-refractivity contribution >= 4 is 11.7 Å². The molecule has 2 aromatic heterocycles. The molecule has 2 rings (SSSR count). The van der Waals surface area contributed by atoms with Crippen LogP contribution in [0.5, 0.6) is 0 Å². The van der Waals surface area contributed by atoms with Gasteiger partial charge < -0.3 is 15.6 Å². The summed E-state index contributed by atoms with van der Waals surface area (Å²) in [5, 5.41) is 6.31. The fourth-order valence-electron chi connectivity index (χ4n) is 1.26. The number of hydrogen-bond acceptors (Lipinski definition) is 6. The molecule has 0 bridgehead atoms. The lowest BCUT2D eigenvalue weighted by atomic mass is 10.2. The van der Waals surface area contributed by atoms with Crippen molar-refractivity contribution < 1.29 is 9.32 Å². The SMILES string of the molecule is Cc1nc(CNC(=O)c2ccnc(N)c2)no1. The second-order valence-electron chi connectivity index (χ2n) is 3.38. The van der Waals surface area contributed by atoms with Gasteiger partial charge >= 0.3 is 0 Å². The van der Waals surface area contributed by atoms with Crippen molar-refractivity contribution in [1.82, 2.24) is 20.4 Å². The van der Waals surface area contributed by atoms with Crippen LogP contribution in [0.25, 0.3) is 0 Å². The van der Waals surface area contributed by atoms with Crippen LogP contribution < -0.4 is 11.1 Å². The Hall–Kier alpha value is -2.44. The lowest BCUT2D eigenvalue weighted by molar-refractivity contribution is 0.0949. The summed E-state index contributed by atoms with van der Waals surface area (Å²) in [4.78, 5) is 19.5. The highest BCUT2D eigenvalue weighted by atomic mass is 16.5. The second kappa shape index (κ2) is 4.60. The van der Waals surface area contributed by atoms with Crippen molar-refractivity contribution in [2.24, 2.45) is 0 Å². The number of hydrogen-bond donors (Lipinski definition) is 2. The van der Waals surface area contributed by atoms with Crippen LogP contribution in [0.1, 0.15) is 22.1 Å². The number of nitrogens with one attached hydrogen (secondary N) is 1. The largest absolute Gasteiger partial charge is 0.384 e. The molecule has 7 nitrogen and oxygen atoms in total. The summed E-state index contributed by atoms with van der Waals surface area (Å²) in [6.07, 6.45) is 1.47. The topological polar surface area (TPSA) is 107 Å². The van der Waals surface area contributed by atoms with Crippen LogP contribution in [0.15, 0.2) is 22.9 Å². The van der Waals surface area contributed by atoms with Gasteiger partial charge in [0.05, 0.1) is 6.54 Å². The van der Waals surface area contributed by atoms with Crippen LogP contribution in [0, 0.1) is 6.92 Å². The molecule has 7 heteroatoms. The zero-order valence-corrected chi connectivity index (χ0v) is 9.17. The molecule has 88 valence electrons. The number of amides is 1. The Bertz CT molecular complexity index is 537. The first kappa shape index (κ1) is 11.1. The minimum absolute atomic E-state index is 0.207. The average Bonchev–Trinajstić information content (AvgIpc) is 2.72. The van der Waals surface area contributed by atoms with Gasteiger partial charge in [-0.3, -0.25) is 4.79 Å². The van der Waals surface area contributed by atoms with Gasteiger partial charge in [0.25, 0.3) is 5.91 Å². The maximum absolute atomic E-state index is 11.7. The Labute approximate surface area is 97.0 Å². The zero-order chi connectivity index (χ0) is 12.3. The number of nitrogen functional groups attached to an aromatic ring is 1. The molecule has 2 aromatic rings. The van der Waals surface area contributed by atoms with Gasteiger partial charge in [0.15, 0.2) is 5.82 Å². The fraction of sp³-hybridized carbons (Fsp3) is 0.200. The number of aromatic nitrogens is 3. The lowest BCUT2D eigenvalue weighted by Crippen LogP contribution is -2.23. The molecule has 0 atom stereocenters. The maximum Gasteiger partial charge on any atom is 0.251 e. The molecule has 0 aliphatic rings. The molecule has 0 aliphatic heterocycles. The molecule has 0 unspecified atom stereocenters. The molecule has 2 heterocycles. The smallest absolute Gasteiger partial charge is 0.251 e. The van der Waals surface area contributed by atoms with E-state index in [9.17, 15) is 4.79 Å². The summed E-state index contributed by atoms with van der Waals surface area (Å²) < 4.78 is 4.78. The molecule has 0 spiro atoms. The number of carbonyl (C=O) groups excluding carboxylic acids is 1. The molecule has 1 amide bonds. The van der Waals surface area contributed by atoms with Crippen LogP contribution >= 0.6 is 0 Å². The van der Waals surface area contributed by atoms with E-state index in [1.165, 1.54) is 12.3 Å². The van der Waals surface area contributed by atoms with Crippen molar-refractivity contribution in [3.05, 3.63) is 35.6 Å². The molecular weight excluding hydrogens is 222 g/mol. The average molecular weight is 233 g/mol. The van der Waals surface area contributed by atoms with Gasteiger partial charge in [0.1, 0.15) is 5.82 Å². The van der Waals surface area contributed by atoms with Crippen LogP contribution in [-0.4, -0.2) is 21.0 Å². The molecule has 0 aliphatic carbocycles. The van der Waals surface area contributed by atoms with Gasteiger partial charge in [-0.05, 0) is 12.1 Å². The van der Waals surface area contributed by atoms with Crippen LogP contribution in [0.4, 0.5) is 5.82 Å². The Balaban J connectivity index is 1.98. The Morgan fingerprint density at radius 3 is 3.06 bits per heavy atom. The van der Waals surface area contributed by atoms with E-state index in [0.717, 1.165) is 0 Å². The molecule has 0 saturated carbocycles. The first-order valence-electron chi connectivity index (χ1n) is 4.94. The summed E-state index contributed by atoms with van der Waals surface area (Å²) in [6.45, 7) is 1.89. The molecule has 0 fully saturated rings. The number of aryl methyl sites for hydroxylation is 1. The Morgan fingerprint density at radius 1 is 1.59 bits per heavy atom. The minimum atomic E-state index is -0.262. The van der Waals surface area contributed by atoms with Gasteiger partial charge in [-0.15, -0.1) is 0 Å². The highest BCUT2D eigenvalue weighted by Crippen LogP contribution is 2.03. The van der Waals surface area contributed by atoms with E-state index in [1.54, 1.807) is 13.0 Å². The normalized spacial score (nSPS) is 10.2. The molecule has 0 saturated heterocycles. The third-order valence-electron chi connectivity index (χ3n) is 2.02. The third kappa shape index (κ3) is 2.77. The molecular formula is C10H11N5O2. The number of nitrogens with zero attached hydrogens (tertiary/aromatic N) is 3. The summed E-state index contributed by atoms with van der Waals surface area (Å²) in [5.41, 5.74) is 5.92. The Kier molecular flexibility index (Phi) is 2.99. The second-order valence-corrected chi connectivity index (χ2v) is 3.38. The number of carbonyl (C=O) groups is 1. The van der Waals surface area contributed by atoms with E-state index in [1.807, 2.05) is 0 Å². The third-order valence-corrected chi connectivity index (χ3v) is 2.02. The molecule has 0 radical (unpaired) electrons. The molecule has 17 heavy (non-hydrogen) atoms. The fourth-order valence-corrected chi connectivity index (χ4v) is 1.26. The first-order chi connectivity index (χ1) is 8.15. The van der Waals surface area contributed by atoms with Crippen molar-refractivity contribution in [2.45, 2.75) is 13.5 Å². The van der Waals surface area contributed by atoms with Gasteiger partial charge in [-0.2, -0.15) is 4.98 Å². The lowest BCUT2D eigenvalue weighted by Gasteiger charge is -2.02. The first-order valence-corrected chi connectivity index (χ1v) is 4.94. The predicted molar refractivity (Wildman–Crippen MR) is 58.9 cm³/mol. The van der Waals surface area contributed by atoms with Crippen molar-refractivity contribution in [1.29, 1.82) is 0 Å². The summed E-state index contributed by atoms with van der Waals surface area (Å²) in [5.74, 6) is 0.926. The predicted octanol–water partition coefficient (Wildman–Crippen LogP) is 0.285. The van der Waals surface area contributed by atoms with Crippen LogP contribution in [-0.2, 0) is 6.54 Å². The highest BCUT2D eigenvalue weighted by Gasteiger charge is 2.08. The summed E-state index contributed by atoms with van der Waals surface area (Å²) in [7, 11) is 0. The highest BCUT2D eigenvalue weighted by molar-refractivity contribution is 5.94. The minimum Gasteiger partial charge on any atom is -0.384 e. The quantitative estimate of drug-likeness (QED) is 0.788. The van der Waals surface area contributed by atoms with E-state index < -0.39 is 0 Å². The number of rotatable bonds is 3. The van der Waals surface area contributed by atoms with Crippen molar-refractivity contribution in [3.8, 4) is 0 Å². The van der Waals surface area contributed by atoms with Gasteiger partial charge in [-0.1, -0.05) is 5.16 Å². The number of pyridine rings is 1. The molecule has 0 aromatic carbocycles. The van der Waals surface area contributed by atoms with E-state index in [4.69, 9.17) is 10.3 Å². The zero-order valence-electron chi connectivity index (χ0n) is 9.17. The van der Waals surface area contributed by atoms with Gasteiger partial charge in [0, 0.05) is 18.7 Å². The summed E-state index contributed by atoms with van der Waals surface area (Å²) in [6, 6.07) is 3.07. The maximum atomic E-state index is 11.7. The summed E-state index contributed by atoms with van der Waals surface area (Å²) >= 11 is 0. The Morgan fingerprint density at radius 2 is 2.41 bits per heavy atom. The van der Waals surface area contributed by atoms with Gasteiger partial charge in [0.2, 0.25) is 5.89 Å². The van der Waals surface area contributed by atoms with Crippen molar-refractivity contribution in [2.75, 3.05) is 5.73 Å². The van der Waals surface area contributed by atoms with Crippen molar-refractivity contribution in [3.63, 3.8) is 0 Å². The molecule has 3 N–H and O–H groups in total. The number of nitrogens with two attached hydrogens (primary N) is 1. The van der Waals surface area contributed by atoms with E-state index in [0.29, 0.717) is 23.1 Å². The van der Waals surface area contributed by atoms with Crippen LogP contribution in [0.2, 0.25) is 0 Å². The number of anilines is 1. The van der Waals surface area contributed by atoms with E-state index >= 15 is 0 Å². The van der Waals surface area contributed by atoms with E-state index in [2.05, 4.69) is 20.4 Å². The van der Waals surface area contributed by atoms with E-state index in [-0.39, 0.29) is 12.5 Å². The van der Waals surface area contributed by atoms with Gasteiger partial charge in [-0.25, -0.2) is 4.98 Å². The van der Waals surface area contributed by atoms with Crippen LogP contribution in [0.3, 0.4) is 0 Å². The standard InChI is InChI=1S/C10H11N5O2/c1-6-14-9(15-17-6)5-13-10(16)7-2-3-12-8(11)4-7/h2-4H,5H2,1H3,(H2,11,12)(H,13,16).